The van der Waals surface area contributed by atoms with E-state index in [4.69, 9.17) is 10.5 Å². The lowest BCUT2D eigenvalue weighted by atomic mass is 9.69. The molecule has 1 unspecified atom stereocenters. The van der Waals surface area contributed by atoms with Crippen molar-refractivity contribution in [1.82, 2.24) is 0 Å². The number of esters is 1. The van der Waals surface area contributed by atoms with Gasteiger partial charge in [-0.3, -0.25) is 4.79 Å². The minimum atomic E-state index is -1.22. The Morgan fingerprint density at radius 2 is 1.82 bits per heavy atom. The number of para-hydroxylation sites is 1. The van der Waals surface area contributed by atoms with Crippen LogP contribution in [-0.2, 0) is 14.9 Å². The lowest BCUT2D eigenvalue weighted by Gasteiger charge is -2.39. The van der Waals surface area contributed by atoms with Gasteiger partial charge in [0, 0.05) is 11.0 Å². The van der Waals surface area contributed by atoms with Crippen molar-refractivity contribution in [3.63, 3.8) is 0 Å². The molecule has 0 saturated carbocycles. The molecule has 4 heteroatoms. The highest BCUT2D eigenvalue weighted by Gasteiger charge is 2.47. The number of methoxy groups -OCH3 is 1. The fourth-order valence-electron chi connectivity index (χ4n) is 1.75. The number of benzene rings is 1. The van der Waals surface area contributed by atoms with E-state index in [0.29, 0.717) is 5.56 Å². The summed E-state index contributed by atoms with van der Waals surface area (Å²) in [6.07, 6.45) is 0. The Morgan fingerprint density at radius 1 is 1.29 bits per heavy atom. The van der Waals surface area contributed by atoms with E-state index in [1.807, 2.05) is 0 Å². The quantitative estimate of drug-likeness (QED) is 0.782. The van der Waals surface area contributed by atoms with Gasteiger partial charge < -0.3 is 15.6 Å². The molecule has 1 aromatic rings. The number of rotatable bonds is 3. The number of phenolic OH excluding ortho intramolecular Hbond substituents is 1. The van der Waals surface area contributed by atoms with Crippen molar-refractivity contribution >= 4 is 5.97 Å². The van der Waals surface area contributed by atoms with Gasteiger partial charge in [-0.2, -0.15) is 0 Å². The molecule has 0 radical (unpaired) electrons. The second-order valence-electron chi connectivity index (χ2n) is 4.84. The molecule has 94 valence electrons. The summed E-state index contributed by atoms with van der Waals surface area (Å²) in [5.74, 6) is -0.385. The zero-order valence-electron chi connectivity index (χ0n) is 10.7. The van der Waals surface area contributed by atoms with Gasteiger partial charge in [-0.25, -0.2) is 0 Å². The zero-order valence-corrected chi connectivity index (χ0v) is 10.7. The molecule has 1 rings (SSSR count). The van der Waals surface area contributed by atoms with Crippen LogP contribution in [0.3, 0.4) is 0 Å². The van der Waals surface area contributed by atoms with Crippen LogP contribution >= 0.6 is 0 Å². The third-order valence-electron chi connectivity index (χ3n) is 3.49. The molecule has 0 amide bonds. The van der Waals surface area contributed by atoms with Gasteiger partial charge in [0.15, 0.2) is 0 Å². The average Bonchev–Trinajstić information content (AvgIpc) is 2.27. The Balaban J connectivity index is 3.28. The molecule has 1 aromatic carbocycles. The van der Waals surface area contributed by atoms with Gasteiger partial charge >= 0.3 is 5.97 Å². The predicted octanol–water partition coefficient (Wildman–Crippen LogP) is 1.56. The largest absolute Gasteiger partial charge is 0.508 e. The minimum absolute atomic E-state index is 0.123. The van der Waals surface area contributed by atoms with E-state index >= 15 is 0 Å². The lowest BCUT2D eigenvalue weighted by Crippen LogP contribution is -2.59. The average molecular weight is 237 g/mol. The predicted molar refractivity (Wildman–Crippen MR) is 65.7 cm³/mol. The van der Waals surface area contributed by atoms with E-state index < -0.39 is 16.9 Å². The van der Waals surface area contributed by atoms with E-state index in [2.05, 4.69) is 0 Å². The summed E-state index contributed by atoms with van der Waals surface area (Å²) >= 11 is 0. The number of carbonyl (C=O) groups is 1. The highest BCUT2D eigenvalue weighted by Crippen LogP contribution is 2.38. The van der Waals surface area contributed by atoms with Crippen LogP contribution in [0.25, 0.3) is 0 Å². The van der Waals surface area contributed by atoms with Gasteiger partial charge in [0.05, 0.1) is 7.11 Å². The normalized spacial score (nSPS) is 15.1. The Kier molecular flexibility index (Phi) is 3.48. The van der Waals surface area contributed by atoms with Crippen molar-refractivity contribution in [3.05, 3.63) is 29.8 Å². The second-order valence-corrected chi connectivity index (χ2v) is 4.84. The molecule has 3 N–H and O–H groups in total. The molecule has 0 saturated heterocycles. The lowest BCUT2D eigenvalue weighted by molar-refractivity contribution is -0.148. The molecule has 0 heterocycles. The third-order valence-corrected chi connectivity index (χ3v) is 3.49. The number of ether oxygens (including phenoxy) is 1. The number of carbonyl (C=O) groups excluding carboxylic acids is 1. The second kappa shape index (κ2) is 4.37. The van der Waals surface area contributed by atoms with Crippen LogP contribution < -0.4 is 5.73 Å². The van der Waals surface area contributed by atoms with Crippen molar-refractivity contribution in [3.8, 4) is 5.75 Å². The fourth-order valence-corrected chi connectivity index (χ4v) is 1.75. The Morgan fingerprint density at radius 3 is 2.29 bits per heavy atom. The first-order valence-corrected chi connectivity index (χ1v) is 5.41. The molecule has 1 atom stereocenters. The van der Waals surface area contributed by atoms with Gasteiger partial charge in [-0.1, -0.05) is 32.0 Å². The number of aromatic hydroxyl groups is 1. The first-order valence-electron chi connectivity index (χ1n) is 5.41. The van der Waals surface area contributed by atoms with Crippen LogP contribution in [0.2, 0.25) is 0 Å². The summed E-state index contributed by atoms with van der Waals surface area (Å²) in [5, 5.41) is 9.86. The third kappa shape index (κ3) is 2.13. The van der Waals surface area contributed by atoms with E-state index in [9.17, 15) is 9.90 Å². The molecule has 0 aliphatic carbocycles. The minimum Gasteiger partial charge on any atom is -0.508 e. The number of phenols is 1. The fraction of sp³-hybridized carbons (Fsp3) is 0.462. The van der Waals surface area contributed by atoms with Crippen molar-refractivity contribution in [2.24, 2.45) is 5.73 Å². The van der Waals surface area contributed by atoms with Crippen molar-refractivity contribution in [2.75, 3.05) is 7.11 Å². The summed E-state index contributed by atoms with van der Waals surface area (Å²) in [7, 11) is 1.30. The van der Waals surface area contributed by atoms with Crippen molar-refractivity contribution < 1.29 is 14.6 Å². The number of nitrogens with two attached hydrogens (primary N) is 1. The van der Waals surface area contributed by atoms with E-state index in [1.165, 1.54) is 7.11 Å². The maximum Gasteiger partial charge on any atom is 0.326 e. The van der Waals surface area contributed by atoms with Gasteiger partial charge in [0.25, 0.3) is 0 Å². The molecule has 0 bridgehead atoms. The Bertz CT molecular complexity index is 424. The summed E-state index contributed by atoms with van der Waals surface area (Å²) in [4.78, 5) is 11.7. The summed E-state index contributed by atoms with van der Waals surface area (Å²) in [6, 6.07) is 6.85. The molecule has 0 aromatic heterocycles. The Labute approximate surface area is 101 Å². The van der Waals surface area contributed by atoms with Crippen LogP contribution in [0.15, 0.2) is 24.3 Å². The molecule has 0 aliphatic heterocycles. The van der Waals surface area contributed by atoms with Crippen LogP contribution in [0, 0.1) is 0 Å². The molecular weight excluding hydrogens is 218 g/mol. The van der Waals surface area contributed by atoms with Gasteiger partial charge in [0.1, 0.15) is 11.3 Å². The summed E-state index contributed by atoms with van der Waals surface area (Å²) < 4.78 is 4.72. The van der Waals surface area contributed by atoms with Crippen LogP contribution in [0.1, 0.15) is 26.3 Å². The van der Waals surface area contributed by atoms with E-state index in [0.717, 1.165) is 0 Å². The first-order chi connectivity index (χ1) is 7.75. The van der Waals surface area contributed by atoms with Crippen LogP contribution in [-0.4, -0.2) is 23.7 Å². The number of hydrogen-bond donors (Lipinski definition) is 2. The zero-order chi connectivity index (χ0) is 13.3. The van der Waals surface area contributed by atoms with E-state index in [-0.39, 0.29) is 5.75 Å². The molecular formula is C13H19NO3. The highest BCUT2D eigenvalue weighted by atomic mass is 16.5. The van der Waals surface area contributed by atoms with Gasteiger partial charge in [-0.15, -0.1) is 0 Å². The van der Waals surface area contributed by atoms with E-state index in [1.54, 1.807) is 45.0 Å². The SMILES string of the molecule is COC(=O)C(C)(N)C(C)(C)c1ccccc1O. The molecule has 0 aliphatic rings. The standard InChI is InChI=1S/C13H19NO3/c1-12(2,13(3,14)11(16)17-4)9-7-5-6-8-10(9)15/h5-8,15H,14H2,1-4H3. The Hall–Kier alpha value is -1.55. The van der Waals surface area contributed by atoms with Crippen molar-refractivity contribution in [1.29, 1.82) is 0 Å². The molecule has 17 heavy (non-hydrogen) atoms. The monoisotopic (exact) mass is 237 g/mol. The maximum atomic E-state index is 11.7. The molecule has 0 fully saturated rings. The first kappa shape index (κ1) is 13.5. The van der Waals surface area contributed by atoms with Crippen molar-refractivity contribution in [2.45, 2.75) is 31.7 Å². The van der Waals surface area contributed by atoms with Gasteiger partial charge in [0.2, 0.25) is 0 Å². The smallest absolute Gasteiger partial charge is 0.326 e. The topological polar surface area (TPSA) is 72.5 Å². The van der Waals surface area contributed by atoms with Crippen LogP contribution in [0.5, 0.6) is 5.75 Å². The highest BCUT2D eigenvalue weighted by molar-refractivity contribution is 5.82. The van der Waals surface area contributed by atoms with Gasteiger partial charge in [-0.05, 0) is 13.0 Å². The van der Waals surface area contributed by atoms with Crippen LogP contribution in [0.4, 0.5) is 0 Å². The number of hydrogen-bond acceptors (Lipinski definition) is 4. The summed E-state index contributed by atoms with van der Waals surface area (Å²) in [5.41, 5.74) is 4.72. The molecule has 4 nitrogen and oxygen atoms in total. The maximum absolute atomic E-state index is 11.7. The molecule has 0 spiro atoms. The summed E-state index contributed by atoms with van der Waals surface area (Å²) in [6.45, 7) is 5.21.